The van der Waals surface area contributed by atoms with E-state index < -0.39 is 18.2 Å². The van der Waals surface area contributed by atoms with E-state index in [0.29, 0.717) is 21.2 Å². The minimum absolute atomic E-state index is 0.0831. The van der Waals surface area contributed by atoms with E-state index in [2.05, 4.69) is 15.3 Å². The van der Waals surface area contributed by atoms with Gasteiger partial charge in [-0.2, -0.15) is 0 Å². The molecule has 0 saturated carbocycles. The molecule has 3 rings (SSSR count). The van der Waals surface area contributed by atoms with Crippen LogP contribution in [0.2, 0.25) is 15.1 Å². The Morgan fingerprint density at radius 3 is 2.43 bits per heavy atom. The first-order valence-corrected chi connectivity index (χ1v) is 9.92. The summed E-state index contributed by atoms with van der Waals surface area (Å²) in [6.07, 6.45) is -0.00139. The molecule has 1 amide bonds. The van der Waals surface area contributed by atoms with Gasteiger partial charge >= 0.3 is 0 Å². The number of nitrogens with zero attached hydrogens (tertiary/aromatic N) is 2. The topological polar surface area (TPSA) is 101 Å². The van der Waals surface area contributed by atoms with Crippen LogP contribution in [0.15, 0.2) is 71.9 Å². The second kappa shape index (κ2) is 9.91. The van der Waals surface area contributed by atoms with E-state index in [4.69, 9.17) is 40.5 Å². The summed E-state index contributed by atoms with van der Waals surface area (Å²) in [5.74, 6) is -0.440. The largest absolute Gasteiger partial charge is 0.383 e. The van der Waals surface area contributed by atoms with Crippen molar-refractivity contribution in [2.24, 2.45) is 10.7 Å². The van der Waals surface area contributed by atoms with E-state index in [1.54, 1.807) is 42.5 Å². The van der Waals surface area contributed by atoms with E-state index in [1.807, 2.05) is 6.07 Å². The molecule has 0 aliphatic heterocycles. The van der Waals surface area contributed by atoms with Crippen LogP contribution in [-0.4, -0.2) is 28.1 Å². The van der Waals surface area contributed by atoms with Gasteiger partial charge in [-0.1, -0.05) is 71.2 Å². The van der Waals surface area contributed by atoms with Crippen LogP contribution in [0, 0.1) is 0 Å². The molecule has 0 bridgehead atoms. The molecule has 6 nitrogen and oxygen atoms in total. The van der Waals surface area contributed by atoms with Crippen LogP contribution in [0.1, 0.15) is 27.7 Å². The molecule has 0 spiro atoms. The standard InChI is InChI=1S/C21H17Cl3N4O2/c22-14-8-9-26-17(11-14)20(29)27-18(13-6-7-15(23)16(24)10-13)21(30)28-19(25)12-4-2-1-3-5-12/h1-11,18,21,30H,(H2,25,28)(H,27,29). The highest BCUT2D eigenvalue weighted by Crippen LogP contribution is 2.28. The van der Waals surface area contributed by atoms with Gasteiger partial charge in [-0.3, -0.25) is 9.78 Å². The highest BCUT2D eigenvalue weighted by Gasteiger charge is 2.25. The molecule has 9 heteroatoms. The predicted molar refractivity (Wildman–Crippen MR) is 119 cm³/mol. The van der Waals surface area contributed by atoms with E-state index in [9.17, 15) is 9.90 Å². The van der Waals surface area contributed by atoms with Gasteiger partial charge in [-0.15, -0.1) is 0 Å². The molecule has 0 aliphatic rings. The van der Waals surface area contributed by atoms with E-state index in [1.165, 1.54) is 18.3 Å². The average molecular weight is 464 g/mol. The van der Waals surface area contributed by atoms with Gasteiger partial charge in [0.25, 0.3) is 5.91 Å². The first-order chi connectivity index (χ1) is 14.3. The van der Waals surface area contributed by atoms with Gasteiger partial charge in [-0.25, -0.2) is 4.99 Å². The summed E-state index contributed by atoms with van der Waals surface area (Å²) in [5, 5.41) is 14.5. The molecule has 2 atom stereocenters. The molecule has 2 aromatic carbocycles. The number of carbonyl (C=O) groups is 1. The number of aliphatic hydroxyl groups excluding tert-OH is 1. The molecule has 2 unspecified atom stereocenters. The zero-order chi connectivity index (χ0) is 21.7. The fourth-order valence-corrected chi connectivity index (χ4v) is 3.15. The highest BCUT2D eigenvalue weighted by atomic mass is 35.5. The lowest BCUT2D eigenvalue weighted by molar-refractivity contribution is 0.0841. The number of amides is 1. The van der Waals surface area contributed by atoms with Crippen molar-refractivity contribution in [1.29, 1.82) is 0 Å². The van der Waals surface area contributed by atoms with Crippen molar-refractivity contribution < 1.29 is 9.90 Å². The maximum Gasteiger partial charge on any atom is 0.270 e. The number of benzene rings is 2. The second-order valence-electron chi connectivity index (χ2n) is 6.28. The average Bonchev–Trinajstić information content (AvgIpc) is 2.74. The molecule has 3 aromatic rings. The zero-order valence-corrected chi connectivity index (χ0v) is 17.7. The summed E-state index contributed by atoms with van der Waals surface area (Å²) < 4.78 is 0. The van der Waals surface area contributed by atoms with Crippen LogP contribution in [0.4, 0.5) is 0 Å². The third-order valence-electron chi connectivity index (χ3n) is 4.18. The lowest BCUT2D eigenvalue weighted by Gasteiger charge is -2.23. The monoisotopic (exact) mass is 462 g/mol. The quantitative estimate of drug-likeness (QED) is 0.376. The van der Waals surface area contributed by atoms with Crippen molar-refractivity contribution in [3.05, 3.63) is 98.7 Å². The number of hydrogen-bond acceptors (Lipinski definition) is 4. The lowest BCUT2D eigenvalue weighted by atomic mass is 10.0. The second-order valence-corrected chi connectivity index (χ2v) is 7.53. The number of aliphatic imine (C=N–C) groups is 1. The van der Waals surface area contributed by atoms with Gasteiger partial charge in [0, 0.05) is 16.8 Å². The summed E-state index contributed by atoms with van der Waals surface area (Å²) >= 11 is 18.1. The summed E-state index contributed by atoms with van der Waals surface area (Å²) in [7, 11) is 0. The van der Waals surface area contributed by atoms with Crippen molar-refractivity contribution in [2.45, 2.75) is 12.3 Å². The zero-order valence-electron chi connectivity index (χ0n) is 15.5. The van der Waals surface area contributed by atoms with Crippen LogP contribution >= 0.6 is 34.8 Å². The van der Waals surface area contributed by atoms with Gasteiger partial charge in [-0.05, 0) is 29.8 Å². The van der Waals surface area contributed by atoms with Gasteiger partial charge in [0.05, 0.1) is 10.0 Å². The number of pyridine rings is 1. The molecular weight excluding hydrogens is 447 g/mol. The summed E-state index contributed by atoms with van der Waals surface area (Å²) in [5.41, 5.74) is 7.23. The lowest BCUT2D eigenvalue weighted by Crippen LogP contribution is -2.37. The van der Waals surface area contributed by atoms with Gasteiger partial charge in [0.1, 0.15) is 17.6 Å². The van der Waals surface area contributed by atoms with E-state index >= 15 is 0 Å². The molecule has 30 heavy (non-hydrogen) atoms. The van der Waals surface area contributed by atoms with Crippen LogP contribution in [0.5, 0.6) is 0 Å². The maximum absolute atomic E-state index is 12.7. The van der Waals surface area contributed by atoms with Gasteiger partial charge in [0.15, 0.2) is 6.23 Å². The number of amidine groups is 1. The Kier molecular flexibility index (Phi) is 7.29. The van der Waals surface area contributed by atoms with Crippen LogP contribution in [0.3, 0.4) is 0 Å². The van der Waals surface area contributed by atoms with Crippen molar-refractivity contribution >= 4 is 46.5 Å². The number of nitrogens with two attached hydrogens (primary N) is 1. The van der Waals surface area contributed by atoms with Gasteiger partial charge < -0.3 is 16.2 Å². The Hall–Kier alpha value is -2.64. The number of carbonyl (C=O) groups excluding carboxylic acids is 1. The van der Waals surface area contributed by atoms with Crippen molar-refractivity contribution in [2.75, 3.05) is 0 Å². The number of rotatable bonds is 6. The van der Waals surface area contributed by atoms with Crippen molar-refractivity contribution in [1.82, 2.24) is 10.3 Å². The Labute approximate surface area is 188 Å². The molecular formula is C21H17Cl3N4O2. The summed E-state index contributed by atoms with van der Waals surface area (Å²) in [6, 6.07) is 15.7. The fourth-order valence-electron chi connectivity index (χ4n) is 2.68. The predicted octanol–water partition coefficient (Wildman–Crippen LogP) is 4.24. The smallest absolute Gasteiger partial charge is 0.270 e. The van der Waals surface area contributed by atoms with Crippen LogP contribution in [0.25, 0.3) is 0 Å². The molecule has 0 saturated heterocycles. The molecule has 1 heterocycles. The third-order valence-corrected chi connectivity index (χ3v) is 5.16. The number of nitrogens with one attached hydrogen (secondary N) is 1. The SMILES string of the molecule is NC(=NC(O)C(NC(=O)c1cc(Cl)ccn1)c1ccc(Cl)c(Cl)c1)c1ccccc1. The molecule has 0 radical (unpaired) electrons. The maximum atomic E-state index is 12.7. The molecule has 1 aromatic heterocycles. The Bertz CT molecular complexity index is 1080. The minimum atomic E-state index is -1.41. The molecule has 154 valence electrons. The van der Waals surface area contributed by atoms with Crippen molar-refractivity contribution in [3.63, 3.8) is 0 Å². The number of aromatic nitrogens is 1. The minimum Gasteiger partial charge on any atom is -0.383 e. The number of halogens is 3. The third kappa shape index (κ3) is 5.49. The summed E-state index contributed by atoms with van der Waals surface area (Å²) in [4.78, 5) is 20.9. The van der Waals surface area contributed by atoms with Gasteiger partial charge in [0.2, 0.25) is 0 Å². The van der Waals surface area contributed by atoms with E-state index in [-0.39, 0.29) is 16.6 Å². The molecule has 0 aliphatic carbocycles. The first-order valence-electron chi connectivity index (χ1n) is 8.79. The Balaban J connectivity index is 1.94. The van der Waals surface area contributed by atoms with E-state index in [0.717, 1.165) is 0 Å². The van der Waals surface area contributed by atoms with Crippen LogP contribution < -0.4 is 11.1 Å². The fraction of sp³-hybridized carbons (Fsp3) is 0.0952. The number of aliphatic hydroxyl groups is 1. The Morgan fingerprint density at radius 2 is 1.77 bits per heavy atom. The first kappa shape index (κ1) is 22.1. The Morgan fingerprint density at radius 1 is 1.03 bits per heavy atom. The highest BCUT2D eigenvalue weighted by molar-refractivity contribution is 6.42. The summed E-state index contributed by atoms with van der Waals surface area (Å²) in [6.45, 7) is 0. The molecule has 4 N–H and O–H groups in total. The van der Waals surface area contributed by atoms with Crippen LogP contribution in [-0.2, 0) is 0 Å². The van der Waals surface area contributed by atoms with Crippen molar-refractivity contribution in [3.8, 4) is 0 Å². The number of hydrogen-bond donors (Lipinski definition) is 3. The molecule has 0 fully saturated rings. The normalized spacial score (nSPS) is 13.5.